The minimum Gasteiger partial charge on any atom is -0.326 e. The number of hydrogen-bond donors (Lipinski definition) is 2. The average Bonchev–Trinajstić information content (AvgIpc) is 2.56. The molecule has 2 N–H and O–H groups in total. The lowest BCUT2D eigenvalue weighted by molar-refractivity contribution is -0.383. The fourth-order valence-electron chi connectivity index (χ4n) is 1.99. The first-order chi connectivity index (χ1) is 11.1. The summed E-state index contributed by atoms with van der Waals surface area (Å²) < 4.78 is 0. The molecule has 0 heterocycles. The maximum absolute atomic E-state index is 11.0. The monoisotopic (exact) mass is 328 g/mol. The van der Waals surface area contributed by atoms with Crippen molar-refractivity contribution < 1.29 is 4.92 Å². The molecule has 0 saturated carbocycles. The van der Waals surface area contributed by atoms with Crippen LogP contribution in [0, 0.1) is 10.1 Å². The molecule has 2 rings (SSSR count). The fraction of sp³-hybridized carbons (Fsp3) is 0.125. The highest BCUT2D eigenvalue weighted by atomic mass is 32.1. The third kappa shape index (κ3) is 4.58. The smallest absolute Gasteiger partial charge is 0.292 e. The van der Waals surface area contributed by atoms with Crippen molar-refractivity contribution in [2.75, 3.05) is 5.32 Å². The highest BCUT2D eigenvalue weighted by molar-refractivity contribution is 7.80. The Kier molecular flexibility index (Phi) is 5.76. The van der Waals surface area contributed by atoms with E-state index < -0.39 is 4.92 Å². The first-order valence-corrected chi connectivity index (χ1v) is 7.45. The molecule has 0 fully saturated rings. The van der Waals surface area contributed by atoms with Gasteiger partial charge in [-0.15, -0.1) is 0 Å². The van der Waals surface area contributed by atoms with Gasteiger partial charge in [-0.25, -0.2) is 0 Å². The van der Waals surface area contributed by atoms with Gasteiger partial charge in [-0.3, -0.25) is 15.5 Å². The summed E-state index contributed by atoms with van der Waals surface area (Å²) in [5.41, 5.74) is 4.85. The maximum Gasteiger partial charge on any atom is 0.292 e. The predicted octanol–water partition coefficient (Wildman–Crippen LogP) is 3.70. The molecule has 2 aromatic rings. The van der Waals surface area contributed by atoms with Gasteiger partial charge < -0.3 is 5.32 Å². The molecule has 2 aromatic carbocycles. The average molecular weight is 328 g/mol. The summed E-state index contributed by atoms with van der Waals surface area (Å²) in [6.45, 7) is 1.99. The molecule has 0 aromatic heterocycles. The number of nitrogens with one attached hydrogen (secondary N) is 2. The molecule has 0 unspecified atom stereocenters. The van der Waals surface area contributed by atoms with Crippen LogP contribution in [0.15, 0.2) is 59.7 Å². The van der Waals surface area contributed by atoms with E-state index in [1.165, 1.54) is 6.07 Å². The lowest BCUT2D eigenvalue weighted by Gasteiger charge is -2.09. The van der Waals surface area contributed by atoms with Gasteiger partial charge in [0.2, 0.25) is 0 Å². The van der Waals surface area contributed by atoms with Gasteiger partial charge in [-0.2, -0.15) is 5.10 Å². The molecule has 118 valence electrons. The van der Waals surface area contributed by atoms with Crippen molar-refractivity contribution in [3.8, 4) is 0 Å². The number of hydrazone groups is 1. The highest BCUT2D eigenvalue weighted by Gasteiger charge is 2.13. The van der Waals surface area contributed by atoms with Crippen LogP contribution in [-0.2, 0) is 0 Å². The molecule has 6 nitrogen and oxygen atoms in total. The Balaban J connectivity index is 2.08. The molecule has 0 atom stereocenters. The summed E-state index contributed by atoms with van der Waals surface area (Å²) in [5.74, 6) is 0. The Morgan fingerprint density at radius 1 is 1.17 bits per heavy atom. The topological polar surface area (TPSA) is 79.6 Å². The lowest BCUT2D eigenvalue weighted by atomic mass is 10.1. The summed E-state index contributed by atoms with van der Waals surface area (Å²) >= 11 is 5.15. The summed E-state index contributed by atoms with van der Waals surface area (Å²) in [4.78, 5) is 10.5. The van der Waals surface area contributed by atoms with Crippen LogP contribution >= 0.6 is 12.2 Å². The van der Waals surface area contributed by atoms with Gasteiger partial charge in [0.05, 0.1) is 10.6 Å². The molecule has 0 aliphatic heterocycles. The van der Waals surface area contributed by atoms with E-state index >= 15 is 0 Å². The highest BCUT2D eigenvalue weighted by Crippen LogP contribution is 2.22. The van der Waals surface area contributed by atoms with Crippen molar-refractivity contribution in [3.05, 3.63) is 70.3 Å². The number of nitro benzene ring substituents is 1. The molecular formula is C16H16N4O2S. The molecule has 0 amide bonds. The van der Waals surface area contributed by atoms with Crippen molar-refractivity contribution in [1.82, 2.24) is 5.43 Å². The molecule has 23 heavy (non-hydrogen) atoms. The molecular weight excluding hydrogens is 312 g/mol. The minimum absolute atomic E-state index is 0.0422. The second-order valence-corrected chi connectivity index (χ2v) is 5.03. The fourth-order valence-corrected chi connectivity index (χ4v) is 2.14. The molecule has 0 radical (unpaired) electrons. The van der Waals surface area contributed by atoms with Crippen LogP contribution in [-0.4, -0.2) is 15.7 Å². The Labute approximate surface area is 139 Å². The van der Waals surface area contributed by atoms with E-state index in [4.69, 9.17) is 12.2 Å². The van der Waals surface area contributed by atoms with E-state index in [0.29, 0.717) is 5.69 Å². The molecule has 7 heteroatoms. The van der Waals surface area contributed by atoms with E-state index in [0.717, 1.165) is 17.7 Å². The normalized spacial score (nSPS) is 10.9. The van der Waals surface area contributed by atoms with Crippen molar-refractivity contribution in [2.45, 2.75) is 13.3 Å². The molecule has 0 aliphatic carbocycles. The van der Waals surface area contributed by atoms with Gasteiger partial charge in [0.1, 0.15) is 5.69 Å². The zero-order valence-electron chi connectivity index (χ0n) is 12.5. The van der Waals surface area contributed by atoms with Gasteiger partial charge in [-0.05, 0) is 30.3 Å². The third-order valence-electron chi connectivity index (χ3n) is 3.08. The second-order valence-electron chi connectivity index (χ2n) is 4.62. The molecule has 0 aliphatic rings. The Morgan fingerprint density at radius 2 is 1.83 bits per heavy atom. The van der Waals surface area contributed by atoms with Crippen molar-refractivity contribution in [2.24, 2.45) is 5.10 Å². The Morgan fingerprint density at radius 3 is 2.48 bits per heavy atom. The van der Waals surface area contributed by atoms with Crippen LogP contribution in [0.2, 0.25) is 0 Å². The van der Waals surface area contributed by atoms with E-state index in [1.54, 1.807) is 18.2 Å². The summed E-state index contributed by atoms with van der Waals surface area (Å²) in [5, 5.41) is 18.2. The number of anilines is 1. The number of benzene rings is 2. The first kappa shape index (κ1) is 16.6. The Bertz CT molecular complexity index is 732. The van der Waals surface area contributed by atoms with E-state index in [2.05, 4.69) is 15.8 Å². The van der Waals surface area contributed by atoms with Gasteiger partial charge >= 0.3 is 0 Å². The predicted molar refractivity (Wildman–Crippen MR) is 95.7 cm³/mol. The molecule has 0 spiro atoms. The van der Waals surface area contributed by atoms with Crippen LogP contribution in [0.5, 0.6) is 0 Å². The molecule has 0 bridgehead atoms. The van der Waals surface area contributed by atoms with Crippen LogP contribution in [0.25, 0.3) is 0 Å². The number of hydrogen-bond acceptors (Lipinski definition) is 4. The first-order valence-electron chi connectivity index (χ1n) is 7.04. The minimum atomic E-state index is -0.463. The lowest BCUT2D eigenvalue weighted by Crippen LogP contribution is -2.25. The second kappa shape index (κ2) is 8.00. The number of thiocarbonyl (C=S) groups is 1. The summed E-state index contributed by atoms with van der Waals surface area (Å²) in [7, 11) is 0. The zero-order valence-corrected chi connectivity index (χ0v) is 13.3. The third-order valence-corrected chi connectivity index (χ3v) is 3.28. The van der Waals surface area contributed by atoms with Crippen molar-refractivity contribution >= 4 is 34.4 Å². The van der Waals surface area contributed by atoms with Crippen LogP contribution in [0.3, 0.4) is 0 Å². The van der Waals surface area contributed by atoms with Gasteiger partial charge in [0.25, 0.3) is 5.69 Å². The molecule has 0 saturated heterocycles. The van der Waals surface area contributed by atoms with Crippen LogP contribution in [0.1, 0.15) is 18.9 Å². The van der Waals surface area contributed by atoms with Crippen molar-refractivity contribution in [1.29, 1.82) is 0 Å². The van der Waals surface area contributed by atoms with E-state index in [1.807, 2.05) is 37.3 Å². The number of rotatable bonds is 5. The number of para-hydroxylation sites is 2. The maximum atomic E-state index is 11.0. The zero-order chi connectivity index (χ0) is 16.7. The van der Waals surface area contributed by atoms with Crippen LogP contribution in [0.4, 0.5) is 11.4 Å². The van der Waals surface area contributed by atoms with Gasteiger partial charge in [0.15, 0.2) is 5.11 Å². The SMILES string of the molecule is CC/C(=N/NC(=S)Nc1ccccc1[N+](=O)[O-])c1ccccc1. The van der Waals surface area contributed by atoms with Gasteiger partial charge in [-0.1, -0.05) is 49.4 Å². The quantitative estimate of drug-likeness (QED) is 0.379. The van der Waals surface area contributed by atoms with E-state index in [-0.39, 0.29) is 10.8 Å². The van der Waals surface area contributed by atoms with Crippen LogP contribution < -0.4 is 10.7 Å². The number of nitro groups is 1. The summed E-state index contributed by atoms with van der Waals surface area (Å²) in [6, 6.07) is 16.0. The summed E-state index contributed by atoms with van der Waals surface area (Å²) in [6.07, 6.45) is 0.727. The van der Waals surface area contributed by atoms with E-state index in [9.17, 15) is 10.1 Å². The number of nitrogens with zero attached hydrogens (tertiary/aromatic N) is 2. The standard InChI is InChI=1S/C16H16N4O2S/c1-2-13(12-8-4-3-5-9-12)18-19-16(23)17-14-10-6-7-11-15(14)20(21)22/h3-11H,2H2,1H3,(H2,17,19,23)/b18-13-. The van der Waals surface area contributed by atoms with Gasteiger partial charge in [0, 0.05) is 6.07 Å². The largest absolute Gasteiger partial charge is 0.326 e. The van der Waals surface area contributed by atoms with Crippen molar-refractivity contribution in [3.63, 3.8) is 0 Å². The Hall–Kier alpha value is -2.80.